The molecule has 84 heavy (non-hydrogen) atoms. The maximum atomic E-state index is 6.08. The van der Waals surface area contributed by atoms with Crippen LogP contribution in [0.25, 0.3) is 0 Å². The first-order chi connectivity index (χ1) is 39.4. The van der Waals surface area contributed by atoms with Crippen LogP contribution >= 0.6 is 0 Å². The Bertz CT molecular complexity index is 2250. The van der Waals surface area contributed by atoms with Gasteiger partial charge in [-0.2, -0.15) is 0 Å². The van der Waals surface area contributed by atoms with Gasteiger partial charge in [-0.15, -0.1) is 0 Å². The van der Waals surface area contributed by atoms with Crippen molar-refractivity contribution in [2.45, 2.75) is 206 Å². The van der Waals surface area contributed by atoms with Gasteiger partial charge in [-0.05, 0) is 188 Å². The third-order valence-corrected chi connectivity index (χ3v) is 29.4. The van der Waals surface area contributed by atoms with Crippen molar-refractivity contribution >= 4 is 35.2 Å². The molecule has 0 spiro atoms. The van der Waals surface area contributed by atoms with Crippen molar-refractivity contribution in [1.29, 1.82) is 0 Å². The molecule has 0 fully saturated rings. The van der Waals surface area contributed by atoms with Crippen molar-refractivity contribution in [3.05, 3.63) is 138 Å². The van der Waals surface area contributed by atoms with Gasteiger partial charge in [0.05, 0.1) is 0 Å². The van der Waals surface area contributed by atoms with Crippen LogP contribution in [0.3, 0.4) is 0 Å². The second-order valence-corrected chi connectivity index (χ2v) is 39.8. The average molecular weight is 1230 g/mol. The van der Waals surface area contributed by atoms with Gasteiger partial charge in [0, 0.05) is 109 Å². The van der Waals surface area contributed by atoms with Crippen molar-refractivity contribution in [3.8, 4) is 0 Å². The molecule has 472 valence electrons. The van der Waals surface area contributed by atoms with Gasteiger partial charge in [0.25, 0.3) is 0 Å². The minimum atomic E-state index is -2.92. The molecule has 0 saturated heterocycles. The molecule has 8 bridgehead atoms. The summed E-state index contributed by atoms with van der Waals surface area (Å²) in [5, 5.41) is 0. The molecule has 5 rings (SSSR count). The van der Waals surface area contributed by atoms with E-state index < -0.39 is 35.2 Å². The molecule has 1 aliphatic rings. The molecule has 0 aliphatic heterocycles. The first-order valence-electron chi connectivity index (χ1n) is 30.6. The van der Waals surface area contributed by atoms with Gasteiger partial charge in [-0.3, -0.25) is 0 Å². The molecule has 0 aromatic heterocycles. The van der Waals surface area contributed by atoms with Crippen LogP contribution in [0.4, 0.5) is 0 Å². The summed E-state index contributed by atoms with van der Waals surface area (Å²) < 4.78 is 73.0. The highest BCUT2D eigenvalue weighted by molar-refractivity contribution is 6.61. The Balaban J connectivity index is 2.05. The van der Waals surface area contributed by atoms with Crippen molar-refractivity contribution < 1.29 is 53.1 Å². The third kappa shape index (κ3) is 17.8. The molecular weight excluding hydrogens is 1120 g/mol. The lowest BCUT2D eigenvalue weighted by atomic mass is 9.75. The molecular formula is C68H112O12Si4. The Hall–Kier alpha value is -2.73. The number of hydrogen-bond acceptors (Lipinski definition) is 12. The van der Waals surface area contributed by atoms with Gasteiger partial charge in [-0.1, -0.05) is 132 Å². The molecule has 0 amide bonds. The Kier molecular flexibility index (Phi) is 25.9. The zero-order valence-electron chi connectivity index (χ0n) is 56.8. The Morgan fingerprint density at radius 1 is 0.250 bits per heavy atom. The number of fused-ring (bicyclic) bond motifs is 8. The van der Waals surface area contributed by atoms with Crippen LogP contribution < -0.4 is 0 Å². The Labute approximate surface area is 514 Å². The van der Waals surface area contributed by atoms with Crippen molar-refractivity contribution in [2.75, 3.05) is 85.3 Å². The molecule has 0 unspecified atom stereocenters. The zero-order chi connectivity index (χ0) is 62.7. The lowest BCUT2D eigenvalue weighted by molar-refractivity contribution is 0.122. The van der Waals surface area contributed by atoms with E-state index in [1.807, 2.05) is 0 Å². The van der Waals surface area contributed by atoms with Crippen molar-refractivity contribution in [2.24, 2.45) is 0 Å². The van der Waals surface area contributed by atoms with E-state index in [2.05, 4.69) is 132 Å². The minimum absolute atomic E-state index is 0.139. The molecule has 0 atom stereocenters. The van der Waals surface area contributed by atoms with Gasteiger partial charge in [-0.25, -0.2) is 0 Å². The summed E-state index contributed by atoms with van der Waals surface area (Å²) >= 11 is 0. The van der Waals surface area contributed by atoms with Gasteiger partial charge in [0.2, 0.25) is 0 Å². The quantitative estimate of drug-likeness (QED) is 0.0445. The van der Waals surface area contributed by atoms with Gasteiger partial charge in [0.1, 0.15) is 0 Å². The molecule has 12 nitrogen and oxygen atoms in total. The standard InChI is InChI=1S/C68H112O12Si4/c1-65(2,3)57-41-49-37-51-43-58(66(4,5)6)45-53(62(51)30-26-34-82(72-16,73-17)74-18)39-55-47-60(68(10,11)12)48-56(64(55)32-28-36-84(78-22,79-23)80-24)40-54-46-59(67(7,8)9)44-52(63(54)31-27-35-83(75-19,76-20)77-21)38-50(42-57)61(49)29-25-33-81(69-13,70-14)71-15/h41-48H,25-40H2,1-24H3. The second-order valence-electron chi connectivity index (χ2n) is 27.4. The molecule has 4 aromatic rings. The predicted molar refractivity (Wildman–Crippen MR) is 351 cm³/mol. The van der Waals surface area contributed by atoms with Crippen molar-refractivity contribution in [1.82, 2.24) is 0 Å². The predicted octanol–water partition coefficient (Wildman–Crippen LogP) is 14.8. The molecule has 16 heteroatoms. The van der Waals surface area contributed by atoms with E-state index in [-0.39, 0.29) is 21.7 Å². The fourth-order valence-electron chi connectivity index (χ4n) is 12.4. The van der Waals surface area contributed by atoms with E-state index in [9.17, 15) is 0 Å². The fraction of sp³-hybridized carbons (Fsp3) is 0.647. The zero-order valence-corrected chi connectivity index (χ0v) is 60.8. The van der Waals surface area contributed by atoms with Crippen LogP contribution in [0.1, 0.15) is 198 Å². The highest BCUT2D eigenvalue weighted by atomic mass is 28.4. The first-order valence-corrected chi connectivity index (χ1v) is 38.4. The van der Waals surface area contributed by atoms with E-state index in [0.717, 1.165) is 77.0 Å². The molecule has 0 N–H and O–H groups in total. The highest BCUT2D eigenvalue weighted by Crippen LogP contribution is 2.41. The topological polar surface area (TPSA) is 111 Å². The van der Waals surface area contributed by atoms with E-state index in [1.54, 1.807) is 85.3 Å². The molecule has 0 radical (unpaired) electrons. The van der Waals surface area contributed by atoms with Crippen LogP contribution in [0.15, 0.2) is 48.5 Å². The molecule has 0 heterocycles. The summed E-state index contributed by atoms with van der Waals surface area (Å²) in [6, 6.07) is 23.1. The highest BCUT2D eigenvalue weighted by Gasteiger charge is 2.41. The van der Waals surface area contributed by atoms with Crippen LogP contribution in [-0.2, 0) is 126 Å². The second kappa shape index (κ2) is 30.2. The van der Waals surface area contributed by atoms with Crippen LogP contribution in [0.2, 0.25) is 24.2 Å². The van der Waals surface area contributed by atoms with E-state index in [4.69, 9.17) is 53.1 Å². The Morgan fingerprint density at radius 3 is 0.488 bits per heavy atom. The minimum Gasteiger partial charge on any atom is -0.377 e. The van der Waals surface area contributed by atoms with Crippen LogP contribution in [0.5, 0.6) is 0 Å². The van der Waals surface area contributed by atoms with E-state index in [1.165, 1.54) is 89.0 Å². The third-order valence-electron chi connectivity index (χ3n) is 18.1. The summed E-state index contributed by atoms with van der Waals surface area (Å²) in [7, 11) is 9.02. The number of rotatable bonds is 28. The van der Waals surface area contributed by atoms with Gasteiger partial charge in [0.15, 0.2) is 0 Å². The maximum absolute atomic E-state index is 6.08. The van der Waals surface area contributed by atoms with Gasteiger partial charge < -0.3 is 53.1 Å². The maximum Gasteiger partial charge on any atom is 0.500 e. The molecule has 0 saturated carbocycles. The summed E-state index contributed by atoms with van der Waals surface area (Å²) in [4.78, 5) is 0. The smallest absolute Gasteiger partial charge is 0.377 e. The largest absolute Gasteiger partial charge is 0.500 e. The number of hydrogen-bond donors (Lipinski definition) is 0. The van der Waals surface area contributed by atoms with Crippen LogP contribution in [0, 0.1) is 0 Å². The first kappa shape index (κ1) is 72.0. The fourth-order valence-corrected chi connectivity index (χ4v) is 19.3. The lowest BCUT2D eigenvalue weighted by Gasteiger charge is -2.31. The van der Waals surface area contributed by atoms with Crippen LogP contribution in [-0.4, -0.2) is 121 Å². The number of benzene rings is 4. The van der Waals surface area contributed by atoms with Gasteiger partial charge >= 0.3 is 35.2 Å². The average Bonchev–Trinajstić information content (AvgIpc) is 2.77. The normalized spacial score (nSPS) is 14.2. The molecule has 1 aliphatic carbocycles. The summed E-state index contributed by atoms with van der Waals surface area (Å²) in [6.07, 6.45) is 9.71. The summed E-state index contributed by atoms with van der Waals surface area (Å²) in [6.45, 7) is 28.3. The lowest BCUT2D eigenvalue weighted by Crippen LogP contribution is -2.42. The van der Waals surface area contributed by atoms with E-state index in [0.29, 0.717) is 24.2 Å². The summed E-state index contributed by atoms with van der Waals surface area (Å²) in [5.41, 5.74) is 21.2. The molecule has 4 aromatic carbocycles. The van der Waals surface area contributed by atoms with Crippen molar-refractivity contribution in [3.63, 3.8) is 0 Å². The monoisotopic (exact) mass is 1230 g/mol. The SMILES string of the molecule is CO[Si](CCCc1c2cc(C(C)(C)C)cc1Cc1cc(C(C)(C)C)cc(c1CCC[Si](OC)(OC)OC)Cc1cc(C(C)(C)C)cc(c1CCC[Si](OC)(OC)OC)Cc1cc(C(C)(C)C)cc(c1CCC[Si](OC)(OC)OC)C2)(OC)OC. The summed E-state index contributed by atoms with van der Waals surface area (Å²) in [5.74, 6) is 0. The Morgan fingerprint density at radius 2 is 0.381 bits per heavy atom. The van der Waals surface area contributed by atoms with E-state index >= 15 is 0 Å².